The molecule has 0 unspecified atom stereocenters. The maximum atomic E-state index is 11.4. The molecule has 1 amide bonds. The number of hydrogen-bond donors (Lipinski definition) is 3. The van der Waals surface area contributed by atoms with Gasteiger partial charge in [-0.25, -0.2) is 9.97 Å². The number of primary amides is 1. The lowest BCUT2D eigenvalue weighted by molar-refractivity contribution is -0.125. The number of anilines is 2. The fraction of sp³-hybridized carbons (Fsp3) is 0.643. The highest BCUT2D eigenvalue weighted by atomic mass is 16.1. The number of aryl methyl sites for hydroxylation is 1. The summed E-state index contributed by atoms with van der Waals surface area (Å²) in [6, 6.07) is 0. The van der Waals surface area contributed by atoms with E-state index in [9.17, 15) is 4.79 Å². The van der Waals surface area contributed by atoms with Crippen molar-refractivity contribution in [2.24, 2.45) is 11.1 Å². The number of nitrogens with two attached hydrogens (primary N) is 1. The van der Waals surface area contributed by atoms with Crippen LogP contribution in [0.15, 0.2) is 0 Å². The number of nitrogens with one attached hydrogen (secondary N) is 2. The quantitative estimate of drug-likeness (QED) is 0.706. The van der Waals surface area contributed by atoms with E-state index in [4.69, 9.17) is 5.73 Å². The Morgan fingerprint density at radius 2 is 1.90 bits per heavy atom. The summed E-state index contributed by atoms with van der Waals surface area (Å²) in [4.78, 5) is 20.3. The number of nitrogens with zero attached hydrogens (tertiary/aromatic N) is 2. The van der Waals surface area contributed by atoms with Crippen LogP contribution in [0.4, 0.5) is 11.6 Å². The van der Waals surface area contributed by atoms with Crippen molar-refractivity contribution in [3.05, 3.63) is 11.4 Å². The Balaban J connectivity index is 2.99. The molecule has 0 saturated heterocycles. The smallest absolute Gasteiger partial charge is 0.224 e. The topological polar surface area (TPSA) is 92.9 Å². The molecule has 0 aromatic carbocycles. The Morgan fingerprint density at radius 3 is 2.40 bits per heavy atom. The van der Waals surface area contributed by atoms with Gasteiger partial charge in [-0.05, 0) is 27.2 Å². The van der Waals surface area contributed by atoms with Crippen LogP contribution in [0.1, 0.15) is 38.6 Å². The zero-order valence-corrected chi connectivity index (χ0v) is 13.0. The second-order valence-corrected chi connectivity index (χ2v) is 5.56. The lowest BCUT2D eigenvalue weighted by Gasteiger charge is -2.22. The predicted molar refractivity (Wildman–Crippen MR) is 81.8 cm³/mol. The number of carbonyl (C=O) groups is 1. The molecular weight excluding hydrogens is 254 g/mol. The van der Waals surface area contributed by atoms with Crippen LogP contribution < -0.4 is 16.4 Å². The van der Waals surface area contributed by atoms with E-state index in [1.165, 1.54) is 0 Å². The molecule has 0 atom stereocenters. The molecule has 0 radical (unpaired) electrons. The van der Waals surface area contributed by atoms with Crippen LogP contribution in [0, 0.1) is 12.3 Å². The first kappa shape index (κ1) is 16.2. The van der Waals surface area contributed by atoms with Crippen molar-refractivity contribution in [1.29, 1.82) is 0 Å². The van der Waals surface area contributed by atoms with Crippen LogP contribution in [-0.4, -0.2) is 29.5 Å². The van der Waals surface area contributed by atoms with Crippen LogP contribution in [-0.2, 0) is 11.2 Å². The fourth-order valence-corrected chi connectivity index (χ4v) is 1.71. The monoisotopic (exact) mass is 279 g/mol. The van der Waals surface area contributed by atoms with Gasteiger partial charge in [-0.1, -0.05) is 6.92 Å². The normalized spacial score (nSPS) is 11.2. The van der Waals surface area contributed by atoms with Gasteiger partial charge in [-0.2, -0.15) is 0 Å². The van der Waals surface area contributed by atoms with Crippen molar-refractivity contribution in [3.8, 4) is 0 Å². The van der Waals surface area contributed by atoms with Crippen LogP contribution in [0.25, 0.3) is 0 Å². The molecule has 0 saturated carbocycles. The van der Waals surface area contributed by atoms with Gasteiger partial charge in [0, 0.05) is 25.6 Å². The van der Waals surface area contributed by atoms with Gasteiger partial charge in [0.05, 0.1) is 5.41 Å². The molecule has 1 aromatic rings. The van der Waals surface area contributed by atoms with Gasteiger partial charge in [-0.3, -0.25) is 4.79 Å². The van der Waals surface area contributed by atoms with E-state index in [1.54, 1.807) is 0 Å². The molecule has 0 aliphatic heterocycles. The molecule has 0 aliphatic carbocycles. The highest BCUT2D eigenvalue weighted by Gasteiger charge is 2.25. The molecule has 1 rings (SSSR count). The fourth-order valence-electron chi connectivity index (χ4n) is 1.71. The molecule has 6 nitrogen and oxygen atoms in total. The second-order valence-electron chi connectivity index (χ2n) is 5.56. The zero-order chi connectivity index (χ0) is 15.3. The van der Waals surface area contributed by atoms with Crippen molar-refractivity contribution >= 4 is 17.5 Å². The van der Waals surface area contributed by atoms with Crippen molar-refractivity contribution < 1.29 is 4.79 Å². The summed E-state index contributed by atoms with van der Waals surface area (Å²) in [6.45, 7) is 8.09. The number of rotatable bonds is 7. The standard InChI is InChI=1S/C14H25N5O/c1-6-7-10-18-11(16-5)9(2)12(19-10)17-8-14(3,4)13(15)20/h6-8H2,1-5H3,(H2,15,20)(H2,16,17,18,19). The van der Waals surface area contributed by atoms with Crippen LogP contribution in [0.5, 0.6) is 0 Å². The van der Waals surface area contributed by atoms with E-state index in [2.05, 4.69) is 27.5 Å². The summed E-state index contributed by atoms with van der Waals surface area (Å²) >= 11 is 0. The Labute approximate surface area is 120 Å². The van der Waals surface area contributed by atoms with E-state index in [1.807, 2.05) is 27.8 Å². The Bertz CT molecular complexity index is 485. The summed E-state index contributed by atoms with van der Waals surface area (Å²) in [5, 5.41) is 6.29. The minimum absolute atomic E-state index is 0.334. The summed E-state index contributed by atoms with van der Waals surface area (Å²) in [5.41, 5.74) is 5.70. The molecule has 112 valence electrons. The van der Waals surface area contributed by atoms with Gasteiger partial charge < -0.3 is 16.4 Å². The Morgan fingerprint density at radius 1 is 1.30 bits per heavy atom. The molecule has 0 bridgehead atoms. The molecule has 1 heterocycles. The van der Waals surface area contributed by atoms with Gasteiger partial charge in [0.1, 0.15) is 17.5 Å². The number of aromatic nitrogens is 2. The first-order valence-corrected chi connectivity index (χ1v) is 6.90. The van der Waals surface area contributed by atoms with E-state index in [-0.39, 0.29) is 5.91 Å². The molecule has 0 fully saturated rings. The Kier molecular flexibility index (Phi) is 5.30. The maximum absolute atomic E-state index is 11.4. The summed E-state index contributed by atoms with van der Waals surface area (Å²) in [6.07, 6.45) is 1.81. The van der Waals surface area contributed by atoms with Crippen molar-refractivity contribution in [1.82, 2.24) is 9.97 Å². The van der Waals surface area contributed by atoms with E-state index >= 15 is 0 Å². The summed E-state index contributed by atoms with van der Waals surface area (Å²) in [5.74, 6) is 2.02. The SMILES string of the molecule is CCCc1nc(NC)c(C)c(NCC(C)(C)C(N)=O)n1. The lowest BCUT2D eigenvalue weighted by atomic mass is 9.93. The second kappa shape index (κ2) is 6.54. The molecular formula is C14H25N5O. The van der Waals surface area contributed by atoms with Gasteiger partial charge in [0.25, 0.3) is 0 Å². The van der Waals surface area contributed by atoms with Crippen molar-refractivity contribution in [2.75, 3.05) is 24.2 Å². The molecule has 6 heteroatoms. The van der Waals surface area contributed by atoms with Gasteiger partial charge >= 0.3 is 0 Å². The van der Waals surface area contributed by atoms with Crippen LogP contribution in [0.2, 0.25) is 0 Å². The van der Waals surface area contributed by atoms with Crippen LogP contribution in [0.3, 0.4) is 0 Å². The molecule has 0 aliphatic rings. The summed E-state index contributed by atoms with van der Waals surface area (Å²) < 4.78 is 0. The molecule has 20 heavy (non-hydrogen) atoms. The molecule has 1 aromatic heterocycles. The van der Waals surface area contributed by atoms with Crippen molar-refractivity contribution in [2.45, 2.75) is 40.5 Å². The van der Waals surface area contributed by atoms with Gasteiger partial charge in [0.2, 0.25) is 5.91 Å². The first-order valence-electron chi connectivity index (χ1n) is 6.90. The predicted octanol–water partition coefficient (Wildman–Crippen LogP) is 1.70. The Hall–Kier alpha value is -1.85. The maximum Gasteiger partial charge on any atom is 0.224 e. The number of amides is 1. The third-order valence-electron chi connectivity index (χ3n) is 3.27. The first-order chi connectivity index (χ1) is 9.31. The molecule has 0 spiro atoms. The summed E-state index contributed by atoms with van der Waals surface area (Å²) in [7, 11) is 1.84. The number of carbonyl (C=O) groups excluding carboxylic acids is 1. The van der Waals surface area contributed by atoms with Crippen LogP contribution >= 0.6 is 0 Å². The third-order valence-corrected chi connectivity index (χ3v) is 3.27. The largest absolute Gasteiger partial charge is 0.373 e. The van der Waals surface area contributed by atoms with E-state index < -0.39 is 5.41 Å². The lowest BCUT2D eigenvalue weighted by Crippen LogP contribution is -2.37. The average Bonchev–Trinajstić information content (AvgIpc) is 2.39. The minimum atomic E-state index is -0.623. The van der Waals surface area contributed by atoms with Crippen molar-refractivity contribution in [3.63, 3.8) is 0 Å². The molecule has 4 N–H and O–H groups in total. The third kappa shape index (κ3) is 3.82. The highest BCUT2D eigenvalue weighted by Crippen LogP contribution is 2.22. The average molecular weight is 279 g/mol. The van der Waals surface area contributed by atoms with Gasteiger partial charge in [-0.15, -0.1) is 0 Å². The minimum Gasteiger partial charge on any atom is -0.373 e. The van der Waals surface area contributed by atoms with E-state index in [0.29, 0.717) is 6.54 Å². The van der Waals surface area contributed by atoms with E-state index in [0.717, 1.165) is 35.9 Å². The zero-order valence-electron chi connectivity index (χ0n) is 13.0. The highest BCUT2D eigenvalue weighted by molar-refractivity contribution is 5.80. The number of hydrogen-bond acceptors (Lipinski definition) is 5. The van der Waals surface area contributed by atoms with Gasteiger partial charge in [0.15, 0.2) is 0 Å².